The number of nitrogens with zero attached hydrogens (tertiary/aromatic N) is 1. The summed E-state index contributed by atoms with van der Waals surface area (Å²) in [5.74, 6) is -0.785. The first kappa shape index (κ1) is 23.3. The van der Waals surface area contributed by atoms with E-state index in [0.29, 0.717) is 21.4 Å². The van der Waals surface area contributed by atoms with Crippen LogP contribution in [0, 0.1) is 0 Å². The third-order valence-electron chi connectivity index (χ3n) is 5.19. The molecule has 1 saturated carbocycles. The zero-order valence-corrected chi connectivity index (χ0v) is 19.7. The number of para-hydroxylation sites is 2. The van der Waals surface area contributed by atoms with Crippen molar-refractivity contribution in [1.82, 2.24) is 5.32 Å². The monoisotopic (exact) mass is 507 g/mol. The summed E-state index contributed by atoms with van der Waals surface area (Å²) in [5, 5.41) is 5.74. The van der Waals surface area contributed by atoms with Crippen molar-refractivity contribution in [1.29, 1.82) is 0 Å². The number of carbonyl (C=O) groups excluding carboxylic acids is 2. The number of hydrogen-bond acceptors (Lipinski definition) is 4. The molecule has 0 unspecified atom stereocenters. The van der Waals surface area contributed by atoms with Gasteiger partial charge in [-0.05, 0) is 53.0 Å². The molecule has 0 radical (unpaired) electrons. The van der Waals surface area contributed by atoms with Crippen LogP contribution in [0.1, 0.15) is 42.5 Å². The normalized spacial score (nSPS) is 14.6. The van der Waals surface area contributed by atoms with Gasteiger partial charge in [0.2, 0.25) is 15.9 Å². The van der Waals surface area contributed by atoms with E-state index in [1.165, 1.54) is 6.42 Å². The third-order valence-corrected chi connectivity index (χ3v) is 6.99. The van der Waals surface area contributed by atoms with Crippen molar-refractivity contribution in [2.45, 2.75) is 38.1 Å². The largest absolute Gasteiger partial charge is 0.349 e. The standard InChI is InChI=1S/C22H26BrN3O4S/c1-31(29,30)26(20-14-8-6-12-18(20)23)15-21(27)25-19-13-7-5-11-17(19)22(28)24-16-9-3-2-4-10-16/h5-8,11-14,16H,2-4,9-10,15H2,1H3,(H,24,28)(H,25,27). The van der Waals surface area contributed by atoms with E-state index >= 15 is 0 Å². The SMILES string of the molecule is CS(=O)(=O)N(CC(=O)Nc1ccccc1C(=O)NC1CCCCC1)c1ccccc1Br. The van der Waals surface area contributed by atoms with Crippen LogP contribution in [0.5, 0.6) is 0 Å². The highest BCUT2D eigenvalue weighted by Gasteiger charge is 2.24. The predicted molar refractivity (Wildman–Crippen MR) is 126 cm³/mol. The lowest BCUT2D eigenvalue weighted by Crippen LogP contribution is -2.38. The molecule has 0 aromatic heterocycles. The summed E-state index contributed by atoms with van der Waals surface area (Å²) in [6, 6.07) is 13.6. The average Bonchev–Trinajstić information content (AvgIpc) is 2.73. The van der Waals surface area contributed by atoms with Crippen molar-refractivity contribution >= 4 is 49.1 Å². The molecule has 31 heavy (non-hydrogen) atoms. The maximum atomic E-state index is 12.8. The summed E-state index contributed by atoms with van der Waals surface area (Å²) in [6.07, 6.45) is 6.34. The van der Waals surface area contributed by atoms with Crippen LogP contribution in [0.4, 0.5) is 11.4 Å². The van der Waals surface area contributed by atoms with Gasteiger partial charge in [0.05, 0.1) is 23.2 Å². The van der Waals surface area contributed by atoms with Crippen molar-refractivity contribution in [3.63, 3.8) is 0 Å². The Hall–Kier alpha value is -2.39. The van der Waals surface area contributed by atoms with Gasteiger partial charge < -0.3 is 10.6 Å². The topological polar surface area (TPSA) is 95.6 Å². The maximum absolute atomic E-state index is 12.8. The molecule has 0 heterocycles. The van der Waals surface area contributed by atoms with Crippen LogP contribution in [0.25, 0.3) is 0 Å². The van der Waals surface area contributed by atoms with E-state index in [4.69, 9.17) is 0 Å². The Bertz CT molecular complexity index is 1050. The Kier molecular flexibility index (Phi) is 7.72. The molecule has 3 rings (SSSR count). The van der Waals surface area contributed by atoms with Crippen molar-refractivity contribution in [3.8, 4) is 0 Å². The lowest BCUT2D eigenvalue weighted by molar-refractivity contribution is -0.114. The van der Waals surface area contributed by atoms with E-state index in [0.717, 1.165) is 36.2 Å². The highest BCUT2D eigenvalue weighted by molar-refractivity contribution is 9.10. The lowest BCUT2D eigenvalue weighted by Gasteiger charge is -2.24. The molecule has 166 valence electrons. The van der Waals surface area contributed by atoms with Gasteiger partial charge in [0.15, 0.2) is 0 Å². The van der Waals surface area contributed by atoms with Crippen molar-refractivity contribution in [2.75, 3.05) is 22.4 Å². The average molecular weight is 508 g/mol. The molecule has 0 saturated heterocycles. The Morgan fingerprint density at radius 3 is 2.35 bits per heavy atom. The third kappa shape index (κ3) is 6.30. The molecule has 0 atom stereocenters. The van der Waals surface area contributed by atoms with E-state index < -0.39 is 22.5 Å². The molecule has 9 heteroatoms. The maximum Gasteiger partial charge on any atom is 0.253 e. The fourth-order valence-corrected chi connectivity index (χ4v) is 5.14. The molecule has 0 spiro atoms. The summed E-state index contributed by atoms with van der Waals surface area (Å²) >= 11 is 3.33. The van der Waals surface area contributed by atoms with E-state index in [2.05, 4.69) is 26.6 Å². The molecular formula is C22H26BrN3O4S. The van der Waals surface area contributed by atoms with Gasteiger partial charge in [-0.3, -0.25) is 13.9 Å². The molecule has 2 aromatic carbocycles. The highest BCUT2D eigenvalue weighted by atomic mass is 79.9. The second-order valence-corrected chi connectivity index (χ2v) is 10.4. The minimum atomic E-state index is -3.71. The smallest absolute Gasteiger partial charge is 0.253 e. The zero-order valence-electron chi connectivity index (χ0n) is 17.3. The molecular weight excluding hydrogens is 482 g/mol. The van der Waals surface area contributed by atoms with Crippen LogP contribution in [-0.4, -0.2) is 39.1 Å². The molecule has 2 N–H and O–H groups in total. The van der Waals surface area contributed by atoms with Crippen LogP contribution < -0.4 is 14.9 Å². The van der Waals surface area contributed by atoms with Gasteiger partial charge in [-0.25, -0.2) is 8.42 Å². The van der Waals surface area contributed by atoms with E-state index in [9.17, 15) is 18.0 Å². The van der Waals surface area contributed by atoms with Gasteiger partial charge in [-0.2, -0.15) is 0 Å². The van der Waals surface area contributed by atoms with Gasteiger partial charge in [-0.15, -0.1) is 0 Å². The Morgan fingerprint density at radius 1 is 1.03 bits per heavy atom. The summed E-state index contributed by atoms with van der Waals surface area (Å²) in [4.78, 5) is 25.5. The van der Waals surface area contributed by atoms with Gasteiger partial charge in [0.1, 0.15) is 6.54 Å². The molecule has 7 nitrogen and oxygen atoms in total. The number of sulfonamides is 1. The molecule has 0 bridgehead atoms. The summed E-state index contributed by atoms with van der Waals surface area (Å²) in [7, 11) is -3.71. The fourth-order valence-electron chi connectivity index (χ4n) is 3.66. The van der Waals surface area contributed by atoms with Crippen LogP contribution in [0.2, 0.25) is 0 Å². The number of anilines is 2. The number of carbonyl (C=O) groups is 2. The van der Waals surface area contributed by atoms with Crippen molar-refractivity contribution in [3.05, 3.63) is 58.6 Å². The van der Waals surface area contributed by atoms with Gasteiger partial charge >= 0.3 is 0 Å². The number of nitrogens with one attached hydrogen (secondary N) is 2. The van der Waals surface area contributed by atoms with Crippen molar-refractivity contribution in [2.24, 2.45) is 0 Å². The van der Waals surface area contributed by atoms with Gasteiger partial charge in [0.25, 0.3) is 5.91 Å². The number of rotatable bonds is 7. The number of hydrogen-bond donors (Lipinski definition) is 2. The Morgan fingerprint density at radius 2 is 1.68 bits per heavy atom. The van der Waals surface area contributed by atoms with Crippen LogP contribution in [-0.2, 0) is 14.8 Å². The zero-order chi connectivity index (χ0) is 22.4. The summed E-state index contributed by atoms with van der Waals surface area (Å²) in [6.45, 7) is -0.417. The first-order valence-corrected chi connectivity index (χ1v) is 12.8. The second-order valence-electron chi connectivity index (χ2n) is 7.62. The van der Waals surface area contributed by atoms with Crippen LogP contribution >= 0.6 is 15.9 Å². The fraction of sp³-hybridized carbons (Fsp3) is 0.364. The van der Waals surface area contributed by atoms with Crippen LogP contribution in [0.3, 0.4) is 0 Å². The number of halogens is 1. The minimum absolute atomic E-state index is 0.140. The van der Waals surface area contributed by atoms with Gasteiger partial charge in [0, 0.05) is 10.5 Å². The van der Waals surface area contributed by atoms with E-state index in [-0.39, 0.29) is 11.9 Å². The van der Waals surface area contributed by atoms with E-state index in [1.54, 1.807) is 48.5 Å². The Labute approximate surface area is 191 Å². The first-order valence-electron chi connectivity index (χ1n) is 10.2. The highest BCUT2D eigenvalue weighted by Crippen LogP contribution is 2.27. The van der Waals surface area contributed by atoms with Crippen LogP contribution in [0.15, 0.2) is 53.0 Å². The summed E-state index contributed by atoms with van der Waals surface area (Å²) in [5.41, 5.74) is 1.07. The molecule has 1 aliphatic rings. The van der Waals surface area contributed by atoms with E-state index in [1.807, 2.05) is 0 Å². The quantitative estimate of drug-likeness (QED) is 0.593. The minimum Gasteiger partial charge on any atom is -0.349 e. The predicted octanol–water partition coefficient (Wildman–Crippen LogP) is 3.92. The molecule has 1 aliphatic carbocycles. The lowest BCUT2D eigenvalue weighted by atomic mass is 9.95. The number of benzene rings is 2. The second kappa shape index (κ2) is 10.3. The first-order chi connectivity index (χ1) is 14.8. The Balaban J connectivity index is 1.75. The van der Waals surface area contributed by atoms with Gasteiger partial charge in [-0.1, -0.05) is 43.5 Å². The van der Waals surface area contributed by atoms with Crippen molar-refractivity contribution < 1.29 is 18.0 Å². The molecule has 0 aliphatic heterocycles. The molecule has 1 fully saturated rings. The number of amides is 2. The molecule has 2 amide bonds. The summed E-state index contributed by atoms with van der Waals surface area (Å²) < 4.78 is 26.2. The molecule has 2 aromatic rings.